The number of rotatable bonds is 8. The molecule has 2 aromatic carbocycles. The molecule has 5 nitrogen and oxygen atoms in total. The van der Waals surface area contributed by atoms with Gasteiger partial charge in [0.1, 0.15) is 0 Å². The molecule has 144 valence electrons. The number of hydrogen-bond acceptors (Lipinski definition) is 5. The van der Waals surface area contributed by atoms with Crippen LogP contribution in [-0.4, -0.2) is 22.6 Å². The van der Waals surface area contributed by atoms with Gasteiger partial charge in [0.25, 0.3) is 0 Å². The Hall–Kier alpha value is -2.64. The van der Waals surface area contributed by atoms with Crippen LogP contribution in [0.25, 0.3) is 0 Å². The number of aryl methyl sites for hydroxylation is 1. The molecule has 1 aromatic heterocycles. The van der Waals surface area contributed by atoms with Gasteiger partial charge < -0.3 is 11.1 Å². The monoisotopic (exact) mass is 411 g/mol. The van der Waals surface area contributed by atoms with E-state index in [9.17, 15) is 9.59 Å². The third-order valence-electron chi connectivity index (χ3n) is 4.14. The SMILES string of the molecule is Cc1nc(NC(=O)CC(c2ccccc2)c2ccccc2)sc1SCC(N)=O. The van der Waals surface area contributed by atoms with Crippen LogP contribution in [0.5, 0.6) is 0 Å². The van der Waals surface area contributed by atoms with Gasteiger partial charge in [-0.15, -0.1) is 11.8 Å². The summed E-state index contributed by atoms with van der Waals surface area (Å²) in [6.07, 6.45) is 0.316. The Bertz CT molecular complexity index is 903. The van der Waals surface area contributed by atoms with Gasteiger partial charge >= 0.3 is 0 Å². The highest BCUT2D eigenvalue weighted by atomic mass is 32.2. The van der Waals surface area contributed by atoms with Crippen molar-refractivity contribution >= 4 is 40.0 Å². The van der Waals surface area contributed by atoms with Crippen LogP contribution in [0, 0.1) is 6.92 Å². The largest absolute Gasteiger partial charge is 0.369 e. The average Bonchev–Trinajstić information content (AvgIpc) is 3.04. The number of amides is 2. The van der Waals surface area contributed by atoms with E-state index in [4.69, 9.17) is 5.73 Å². The maximum Gasteiger partial charge on any atom is 0.227 e. The van der Waals surface area contributed by atoms with Crippen molar-refractivity contribution in [3.63, 3.8) is 0 Å². The number of carbonyl (C=O) groups excluding carboxylic acids is 2. The normalized spacial score (nSPS) is 10.8. The van der Waals surface area contributed by atoms with E-state index < -0.39 is 0 Å². The number of hydrogen-bond donors (Lipinski definition) is 2. The van der Waals surface area contributed by atoms with Crippen molar-refractivity contribution in [3.05, 3.63) is 77.5 Å². The van der Waals surface area contributed by atoms with Crippen molar-refractivity contribution in [2.45, 2.75) is 23.5 Å². The quantitative estimate of drug-likeness (QED) is 0.544. The van der Waals surface area contributed by atoms with Crippen LogP contribution in [0.15, 0.2) is 64.9 Å². The maximum absolute atomic E-state index is 12.7. The molecular formula is C21H21N3O2S2. The summed E-state index contributed by atoms with van der Waals surface area (Å²) in [4.78, 5) is 28.1. The van der Waals surface area contributed by atoms with E-state index in [2.05, 4.69) is 10.3 Å². The fourth-order valence-electron chi connectivity index (χ4n) is 2.86. The second-order valence-electron chi connectivity index (χ2n) is 6.27. The molecule has 0 saturated carbocycles. The zero-order valence-corrected chi connectivity index (χ0v) is 17.1. The molecule has 28 heavy (non-hydrogen) atoms. The average molecular weight is 412 g/mol. The maximum atomic E-state index is 12.7. The molecule has 0 aliphatic heterocycles. The molecule has 0 radical (unpaired) electrons. The van der Waals surface area contributed by atoms with Crippen molar-refractivity contribution in [2.75, 3.05) is 11.1 Å². The summed E-state index contributed by atoms with van der Waals surface area (Å²) < 4.78 is 0.886. The summed E-state index contributed by atoms with van der Waals surface area (Å²) in [6, 6.07) is 20.0. The minimum absolute atomic E-state index is 0.0350. The number of thioether (sulfide) groups is 1. The number of primary amides is 1. The molecule has 3 aromatic rings. The molecule has 0 aliphatic carbocycles. The van der Waals surface area contributed by atoms with E-state index >= 15 is 0 Å². The van der Waals surface area contributed by atoms with Crippen molar-refractivity contribution in [2.24, 2.45) is 5.73 Å². The van der Waals surface area contributed by atoms with Gasteiger partial charge in [0, 0.05) is 12.3 Å². The molecule has 0 aliphatic rings. The summed E-state index contributed by atoms with van der Waals surface area (Å²) in [5, 5.41) is 3.44. The number of anilines is 1. The number of thiazole rings is 1. The fraction of sp³-hybridized carbons (Fsp3) is 0.190. The van der Waals surface area contributed by atoms with Crippen LogP contribution in [0.4, 0.5) is 5.13 Å². The highest BCUT2D eigenvalue weighted by Gasteiger charge is 2.19. The van der Waals surface area contributed by atoms with Crippen LogP contribution >= 0.6 is 23.1 Å². The molecular weight excluding hydrogens is 390 g/mol. The van der Waals surface area contributed by atoms with Crippen LogP contribution in [-0.2, 0) is 9.59 Å². The van der Waals surface area contributed by atoms with Crippen molar-refractivity contribution < 1.29 is 9.59 Å². The predicted molar refractivity (Wildman–Crippen MR) is 115 cm³/mol. The van der Waals surface area contributed by atoms with Gasteiger partial charge in [-0.2, -0.15) is 0 Å². The van der Waals surface area contributed by atoms with E-state index in [1.165, 1.54) is 23.1 Å². The molecule has 0 saturated heterocycles. The molecule has 0 spiro atoms. The van der Waals surface area contributed by atoms with E-state index in [0.29, 0.717) is 11.6 Å². The summed E-state index contributed by atoms with van der Waals surface area (Å²) in [7, 11) is 0. The lowest BCUT2D eigenvalue weighted by molar-refractivity contribution is -0.116. The second kappa shape index (κ2) is 9.52. The first-order valence-electron chi connectivity index (χ1n) is 8.81. The first kappa shape index (κ1) is 20.1. The Balaban J connectivity index is 1.73. The summed E-state index contributed by atoms with van der Waals surface area (Å²) >= 11 is 2.70. The van der Waals surface area contributed by atoms with E-state index in [0.717, 1.165) is 21.0 Å². The Morgan fingerprint density at radius 1 is 1.07 bits per heavy atom. The van der Waals surface area contributed by atoms with Gasteiger partial charge in [0.15, 0.2) is 5.13 Å². The van der Waals surface area contributed by atoms with Gasteiger partial charge in [0.2, 0.25) is 11.8 Å². The fourth-order valence-corrected chi connectivity index (χ4v) is 4.75. The number of benzene rings is 2. The smallest absolute Gasteiger partial charge is 0.227 e. The second-order valence-corrected chi connectivity index (χ2v) is 8.52. The van der Waals surface area contributed by atoms with Crippen LogP contribution < -0.4 is 11.1 Å². The molecule has 0 atom stereocenters. The van der Waals surface area contributed by atoms with Crippen molar-refractivity contribution in [1.82, 2.24) is 4.98 Å². The number of aromatic nitrogens is 1. The number of nitrogens with one attached hydrogen (secondary N) is 1. The standard InChI is InChI=1S/C21H21N3O2S2/c1-14-20(27-13-18(22)25)28-21(23-14)24-19(26)12-17(15-8-4-2-5-9-15)16-10-6-3-7-11-16/h2-11,17H,12-13H2,1H3,(H2,22,25)(H,23,24,26). The number of nitrogens with two attached hydrogens (primary N) is 1. The van der Waals surface area contributed by atoms with Crippen LogP contribution in [0.1, 0.15) is 29.2 Å². The van der Waals surface area contributed by atoms with Gasteiger partial charge in [-0.3, -0.25) is 9.59 Å². The minimum Gasteiger partial charge on any atom is -0.369 e. The van der Waals surface area contributed by atoms with Crippen molar-refractivity contribution in [1.29, 1.82) is 0 Å². The Kier molecular flexibility index (Phi) is 6.84. The molecule has 7 heteroatoms. The lowest BCUT2D eigenvalue weighted by Gasteiger charge is -2.17. The zero-order chi connectivity index (χ0) is 19.9. The molecule has 0 fully saturated rings. The van der Waals surface area contributed by atoms with E-state index in [1.54, 1.807) is 0 Å². The van der Waals surface area contributed by atoms with Crippen molar-refractivity contribution in [3.8, 4) is 0 Å². The minimum atomic E-state index is -0.378. The van der Waals surface area contributed by atoms with Crippen LogP contribution in [0.3, 0.4) is 0 Å². The number of carbonyl (C=O) groups is 2. The topological polar surface area (TPSA) is 85.1 Å². The first-order chi connectivity index (χ1) is 13.5. The molecule has 0 bridgehead atoms. The first-order valence-corrected chi connectivity index (χ1v) is 10.6. The molecule has 3 N–H and O–H groups in total. The third kappa shape index (κ3) is 5.43. The van der Waals surface area contributed by atoms with E-state index in [1.807, 2.05) is 67.6 Å². The Labute approximate surface area is 172 Å². The predicted octanol–water partition coefficient (Wildman–Crippen LogP) is 4.19. The summed E-state index contributed by atoms with van der Waals surface area (Å²) in [6.45, 7) is 1.85. The van der Waals surface area contributed by atoms with Crippen LogP contribution in [0.2, 0.25) is 0 Å². The molecule has 0 unspecified atom stereocenters. The van der Waals surface area contributed by atoms with E-state index in [-0.39, 0.29) is 23.5 Å². The Morgan fingerprint density at radius 3 is 2.18 bits per heavy atom. The van der Waals surface area contributed by atoms with Gasteiger partial charge in [-0.25, -0.2) is 4.98 Å². The lowest BCUT2D eigenvalue weighted by Crippen LogP contribution is -2.16. The summed E-state index contributed by atoms with van der Waals surface area (Å²) in [5.74, 6) is -0.317. The molecule has 2 amide bonds. The molecule has 1 heterocycles. The summed E-state index contributed by atoms with van der Waals surface area (Å²) in [5.41, 5.74) is 8.17. The van der Waals surface area contributed by atoms with Gasteiger partial charge in [-0.05, 0) is 18.1 Å². The zero-order valence-electron chi connectivity index (χ0n) is 15.4. The highest BCUT2D eigenvalue weighted by Crippen LogP contribution is 2.33. The lowest BCUT2D eigenvalue weighted by atomic mass is 9.88. The number of nitrogens with zero attached hydrogens (tertiary/aromatic N) is 1. The van der Waals surface area contributed by atoms with Gasteiger partial charge in [0.05, 0.1) is 15.7 Å². The Morgan fingerprint density at radius 2 is 1.64 bits per heavy atom. The molecule has 3 rings (SSSR count). The highest BCUT2D eigenvalue weighted by molar-refractivity contribution is 8.01. The van der Waals surface area contributed by atoms with Gasteiger partial charge in [-0.1, -0.05) is 72.0 Å². The third-order valence-corrected chi connectivity index (χ3v) is 6.60.